The average molecular weight is 306 g/mol. The molecule has 2 amide bonds. The molecule has 2 aromatic rings. The van der Waals surface area contributed by atoms with E-state index in [1.54, 1.807) is 6.07 Å². The lowest BCUT2D eigenvalue weighted by Gasteiger charge is -2.11. The molecule has 0 spiro atoms. The molecule has 4 N–H and O–H groups in total. The number of halogens is 2. The van der Waals surface area contributed by atoms with Crippen LogP contribution in [0.5, 0.6) is 0 Å². The number of imide groups is 1. The highest BCUT2D eigenvalue weighted by Gasteiger charge is 2.26. The van der Waals surface area contributed by atoms with Gasteiger partial charge in [-0.15, -0.1) is 0 Å². The zero-order valence-electron chi connectivity index (χ0n) is 10.5. The van der Waals surface area contributed by atoms with Gasteiger partial charge >= 0.3 is 0 Å². The molecule has 0 bridgehead atoms. The quantitative estimate of drug-likeness (QED) is 0.588. The second-order valence-electron chi connectivity index (χ2n) is 4.52. The predicted octanol–water partition coefficient (Wildman–Crippen LogP) is 2.69. The van der Waals surface area contributed by atoms with E-state index in [0.29, 0.717) is 16.9 Å². The Labute approximate surface area is 123 Å². The van der Waals surface area contributed by atoms with Gasteiger partial charge in [0.2, 0.25) is 0 Å². The molecule has 5 nitrogen and oxygen atoms in total. The first-order valence-corrected chi connectivity index (χ1v) is 6.35. The third-order valence-electron chi connectivity index (χ3n) is 3.11. The molecule has 0 saturated carbocycles. The topological polar surface area (TPSA) is 84.2 Å². The number of nitrogen functional groups attached to an aromatic ring is 1. The molecule has 0 aliphatic carbocycles. The van der Waals surface area contributed by atoms with Gasteiger partial charge in [0.1, 0.15) is 5.82 Å². The largest absolute Gasteiger partial charge is 0.397 e. The van der Waals surface area contributed by atoms with Crippen LogP contribution in [0.2, 0.25) is 5.02 Å². The SMILES string of the molecule is Nc1cc(F)c(Cl)cc1Nc1ccc2c(c1)C(=O)NC2=O. The van der Waals surface area contributed by atoms with Crippen LogP contribution in [0, 0.1) is 5.82 Å². The molecule has 1 heterocycles. The molecular formula is C14H9ClFN3O2. The van der Waals surface area contributed by atoms with Crippen LogP contribution in [-0.2, 0) is 0 Å². The molecule has 3 rings (SSSR count). The minimum Gasteiger partial charge on any atom is -0.397 e. The second kappa shape index (κ2) is 4.75. The fourth-order valence-corrected chi connectivity index (χ4v) is 2.24. The van der Waals surface area contributed by atoms with E-state index in [4.69, 9.17) is 17.3 Å². The monoisotopic (exact) mass is 305 g/mol. The summed E-state index contributed by atoms with van der Waals surface area (Å²) < 4.78 is 13.2. The van der Waals surface area contributed by atoms with Crippen molar-refractivity contribution in [1.82, 2.24) is 5.32 Å². The molecule has 0 fully saturated rings. The van der Waals surface area contributed by atoms with E-state index in [0.717, 1.165) is 6.07 Å². The van der Waals surface area contributed by atoms with Crippen molar-refractivity contribution in [2.24, 2.45) is 0 Å². The Morgan fingerprint density at radius 3 is 2.57 bits per heavy atom. The second-order valence-corrected chi connectivity index (χ2v) is 4.93. The van der Waals surface area contributed by atoms with E-state index in [1.165, 1.54) is 18.2 Å². The number of carbonyl (C=O) groups is 2. The van der Waals surface area contributed by atoms with Gasteiger partial charge in [0.25, 0.3) is 11.8 Å². The number of amides is 2. The zero-order chi connectivity index (χ0) is 15.1. The molecular weight excluding hydrogens is 297 g/mol. The molecule has 0 saturated heterocycles. The van der Waals surface area contributed by atoms with Crippen LogP contribution in [0.15, 0.2) is 30.3 Å². The summed E-state index contributed by atoms with van der Waals surface area (Å²) >= 11 is 5.71. The Hall–Kier alpha value is -2.60. The van der Waals surface area contributed by atoms with Crippen LogP contribution >= 0.6 is 11.6 Å². The first-order chi connectivity index (χ1) is 9.95. The van der Waals surface area contributed by atoms with Gasteiger partial charge in [-0.25, -0.2) is 4.39 Å². The Morgan fingerprint density at radius 1 is 1.10 bits per heavy atom. The molecule has 0 aromatic heterocycles. The van der Waals surface area contributed by atoms with Crippen LogP contribution in [0.3, 0.4) is 0 Å². The van der Waals surface area contributed by atoms with Crippen LogP contribution < -0.4 is 16.4 Å². The number of benzene rings is 2. The van der Waals surface area contributed by atoms with Crippen LogP contribution in [0.25, 0.3) is 0 Å². The highest BCUT2D eigenvalue weighted by Crippen LogP contribution is 2.30. The number of hydrogen-bond acceptors (Lipinski definition) is 4. The van der Waals surface area contributed by atoms with Gasteiger partial charge in [-0.05, 0) is 24.3 Å². The third kappa shape index (κ3) is 2.30. The summed E-state index contributed by atoms with van der Waals surface area (Å²) in [5, 5.41) is 5.07. The number of fused-ring (bicyclic) bond motifs is 1. The van der Waals surface area contributed by atoms with E-state index in [1.807, 2.05) is 0 Å². The van der Waals surface area contributed by atoms with Crippen molar-refractivity contribution in [3.05, 3.63) is 52.3 Å². The molecule has 21 heavy (non-hydrogen) atoms. The van der Waals surface area contributed by atoms with Crippen LogP contribution in [0.1, 0.15) is 20.7 Å². The predicted molar refractivity (Wildman–Crippen MR) is 77.3 cm³/mol. The number of hydrogen-bond donors (Lipinski definition) is 3. The maximum atomic E-state index is 13.2. The Balaban J connectivity index is 1.97. The molecule has 0 radical (unpaired) electrons. The highest BCUT2D eigenvalue weighted by molar-refractivity contribution is 6.31. The summed E-state index contributed by atoms with van der Waals surface area (Å²) in [6.45, 7) is 0. The van der Waals surface area contributed by atoms with Crippen molar-refractivity contribution in [2.75, 3.05) is 11.1 Å². The molecule has 1 aliphatic rings. The van der Waals surface area contributed by atoms with E-state index in [9.17, 15) is 14.0 Å². The van der Waals surface area contributed by atoms with Crippen molar-refractivity contribution in [1.29, 1.82) is 0 Å². The first-order valence-electron chi connectivity index (χ1n) is 5.97. The lowest BCUT2D eigenvalue weighted by Crippen LogP contribution is -2.19. The summed E-state index contributed by atoms with van der Waals surface area (Å²) in [6.07, 6.45) is 0. The molecule has 0 unspecified atom stereocenters. The lowest BCUT2D eigenvalue weighted by molar-refractivity contribution is 0.0879. The molecule has 2 aromatic carbocycles. The summed E-state index contributed by atoms with van der Waals surface area (Å²) in [5.41, 5.74) is 7.42. The van der Waals surface area contributed by atoms with Gasteiger partial charge in [-0.1, -0.05) is 11.6 Å². The Kier molecular flexibility index (Phi) is 3.03. The zero-order valence-corrected chi connectivity index (χ0v) is 11.3. The highest BCUT2D eigenvalue weighted by atomic mass is 35.5. The van der Waals surface area contributed by atoms with Gasteiger partial charge < -0.3 is 11.1 Å². The normalized spacial score (nSPS) is 13.0. The summed E-state index contributed by atoms with van der Waals surface area (Å²) in [4.78, 5) is 23.0. The molecule has 0 atom stereocenters. The maximum absolute atomic E-state index is 13.2. The smallest absolute Gasteiger partial charge is 0.259 e. The number of nitrogens with one attached hydrogen (secondary N) is 2. The number of nitrogens with two attached hydrogens (primary N) is 1. The summed E-state index contributed by atoms with van der Waals surface area (Å²) in [5.74, 6) is -1.49. The van der Waals surface area contributed by atoms with Gasteiger partial charge in [0.15, 0.2) is 0 Å². The van der Waals surface area contributed by atoms with Crippen molar-refractivity contribution < 1.29 is 14.0 Å². The average Bonchev–Trinajstić information content (AvgIpc) is 2.71. The van der Waals surface area contributed by atoms with E-state index < -0.39 is 17.6 Å². The summed E-state index contributed by atoms with van der Waals surface area (Å²) in [6, 6.07) is 7.12. The molecule has 7 heteroatoms. The Morgan fingerprint density at radius 2 is 1.81 bits per heavy atom. The van der Waals surface area contributed by atoms with Gasteiger partial charge in [-0.2, -0.15) is 0 Å². The maximum Gasteiger partial charge on any atom is 0.259 e. The van der Waals surface area contributed by atoms with Gasteiger partial charge in [0, 0.05) is 11.8 Å². The van der Waals surface area contributed by atoms with Crippen LogP contribution in [0.4, 0.5) is 21.5 Å². The van der Waals surface area contributed by atoms with E-state index in [-0.39, 0.29) is 16.3 Å². The molecule has 106 valence electrons. The van der Waals surface area contributed by atoms with Crippen molar-refractivity contribution in [2.45, 2.75) is 0 Å². The van der Waals surface area contributed by atoms with Crippen molar-refractivity contribution >= 4 is 40.5 Å². The first kappa shape index (κ1) is 13.4. The minimum atomic E-state index is -0.612. The van der Waals surface area contributed by atoms with Gasteiger partial charge in [-0.3, -0.25) is 14.9 Å². The standard InChI is InChI=1S/C14H9ClFN3O2/c15-9-4-12(11(17)5-10(9)16)18-6-1-2-7-8(3-6)14(21)19-13(7)20/h1-5,18H,17H2,(H,19,20,21). The fraction of sp³-hybridized carbons (Fsp3) is 0. The number of anilines is 3. The van der Waals surface area contributed by atoms with E-state index >= 15 is 0 Å². The fourth-order valence-electron chi connectivity index (χ4n) is 2.07. The van der Waals surface area contributed by atoms with Gasteiger partial charge in [0.05, 0.1) is 27.5 Å². The minimum absolute atomic E-state index is 0.0687. The lowest BCUT2D eigenvalue weighted by atomic mass is 10.1. The summed E-state index contributed by atoms with van der Waals surface area (Å²) in [7, 11) is 0. The van der Waals surface area contributed by atoms with E-state index in [2.05, 4.69) is 10.6 Å². The Bertz CT molecular complexity index is 792. The number of rotatable bonds is 2. The van der Waals surface area contributed by atoms with Crippen molar-refractivity contribution in [3.8, 4) is 0 Å². The van der Waals surface area contributed by atoms with Crippen molar-refractivity contribution in [3.63, 3.8) is 0 Å². The molecule has 1 aliphatic heterocycles. The number of carbonyl (C=O) groups excluding carboxylic acids is 2. The third-order valence-corrected chi connectivity index (χ3v) is 3.40. The van der Waals surface area contributed by atoms with Crippen LogP contribution in [-0.4, -0.2) is 11.8 Å².